The van der Waals surface area contributed by atoms with Gasteiger partial charge in [0, 0.05) is 30.6 Å². The van der Waals surface area contributed by atoms with Gasteiger partial charge in [-0.1, -0.05) is 0 Å². The standard InChI is InChI=1S/C19H24N2O4S/c1-11(26-15-7-5-14(6-8-15)20-12(2)22)18(23)21-9-16(13-3-4-13)17(10-21)19(24)25/h5-8,11,13,16-17H,3-4,9-10H2,1-2H3,(H,20,22)(H,24,25)/t11?,16-,17+/m1/s1. The van der Waals surface area contributed by atoms with Crippen LogP contribution in [0.25, 0.3) is 0 Å². The number of benzene rings is 1. The van der Waals surface area contributed by atoms with Crippen molar-refractivity contribution in [2.45, 2.75) is 36.8 Å². The lowest BCUT2D eigenvalue weighted by Crippen LogP contribution is -2.35. The molecule has 140 valence electrons. The second kappa shape index (κ2) is 7.70. The first kappa shape index (κ1) is 18.8. The Balaban J connectivity index is 1.59. The predicted molar refractivity (Wildman–Crippen MR) is 100.0 cm³/mol. The van der Waals surface area contributed by atoms with Gasteiger partial charge >= 0.3 is 5.97 Å². The van der Waals surface area contributed by atoms with Crippen LogP contribution in [0, 0.1) is 17.8 Å². The van der Waals surface area contributed by atoms with Crippen molar-refractivity contribution >= 4 is 35.2 Å². The molecule has 0 radical (unpaired) electrons. The van der Waals surface area contributed by atoms with E-state index >= 15 is 0 Å². The minimum Gasteiger partial charge on any atom is -0.481 e. The molecule has 2 fully saturated rings. The molecular weight excluding hydrogens is 352 g/mol. The van der Waals surface area contributed by atoms with Gasteiger partial charge in [-0.2, -0.15) is 0 Å². The highest BCUT2D eigenvalue weighted by Crippen LogP contribution is 2.44. The molecule has 1 aromatic carbocycles. The summed E-state index contributed by atoms with van der Waals surface area (Å²) < 4.78 is 0. The summed E-state index contributed by atoms with van der Waals surface area (Å²) in [6.45, 7) is 4.20. The fourth-order valence-electron chi connectivity index (χ4n) is 3.60. The summed E-state index contributed by atoms with van der Waals surface area (Å²) in [6.07, 6.45) is 2.17. The third kappa shape index (κ3) is 4.38. The number of rotatable bonds is 6. The lowest BCUT2D eigenvalue weighted by Gasteiger charge is -2.20. The molecule has 26 heavy (non-hydrogen) atoms. The molecule has 6 nitrogen and oxygen atoms in total. The van der Waals surface area contributed by atoms with Crippen molar-refractivity contribution in [2.75, 3.05) is 18.4 Å². The van der Waals surface area contributed by atoms with Gasteiger partial charge in [0.15, 0.2) is 0 Å². The zero-order valence-corrected chi connectivity index (χ0v) is 15.8. The Labute approximate surface area is 157 Å². The summed E-state index contributed by atoms with van der Waals surface area (Å²) >= 11 is 1.45. The second-order valence-electron chi connectivity index (χ2n) is 7.15. The lowest BCUT2D eigenvalue weighted by atomic mass is 9.92. The van der Waals surface area contributed by atoms with Gasteiger partial charge in [-0.3, -0.25) is 14.4 Å². The number of nitrogens with zero attached hydrogens (tertiary/aromatic N) is 1. The molecule has 1 unspecified atom stereocenters. The molecule has 1 saturated heterocycles. The fourth-order valence-corrected chi connectivity index (χ4v) is 4.56. The SMILES string of the molecule is CC(=O)Nc1ccc(SC(C)C(=O)N2C[C@H](C(=O)O)[C@@H](C3CC3)C2)cc1. The van der Waals surface area contributed by atoms with Crippen LogP contribution in [-0.4, -0.2) is 46.1 Å². The van der Waals surface area contributed by atoms with Crippen LogP contribution in [0.3, 0.4) is 0 Å². The van der Waals surface area contributed by atoms with Crippen LogP contribution in [0.1, 0.15) is 26.7 Å². The zero-order chi connectivity index (χ0) is 18.8. The van der Waals surface area contributed by atoms with E-state index in [4.69, 9.17) is 0 Å². The van der Waals surface area contributed by atoms with E-state index < -0.39 is 11.9 Å². The highest BCUT2D eigenvalue weighted by Gasteiger charge is 2.47. The van der Waals surface area contributed by atoms with Crippen LogP contribution in [-0.2, 0) is 14.4 Å². The smallest absolute Gasteiger partial charge is 0.308 e. The number of carbonyl (C=O) groups is 3. The van der Waals surface area contributed by atoms with Gasteiger partial charge < -0.3 is 15.3 Å². The third-order valence-electron chi connectivity index (χ3n) is 5.06. The topological polar surface area (TPSA) is 86.7 Å². The van der Waals surface area contributed by atoms with Crippen molar-refractivity contribution < 1.29 is 19.5 Å². The molecule has 7 heteroatoms. The lowest BCUT2D eigenvalue weighted by molar-refractivity contribution is -0.142. The summed E-state index contributed by atoms with van der Waals surface area (Å²) in [5.74, 6) is -0.771. The molecule has 1 aliphatic carbocycles. The van der Waals surface area contributed by atoms with Gasteiger partial charge in [0.05, 0.1) is 11.2 Å². The van der Waals surface area contributed by atoms with Crippen LogP contribution in [0.4, 0.5) is 5.69 Å². The highest BCUT2D eigenvalue weighted by molar-refractivity contribution is 8.00. The van der Waals surface area contributed by atoms with Gasteiger partial charge in [-0.15, -0.1) is 11.8 Å². The number of carbonyl (C=O) groups excluding carboxylic acids is 2. The van der Waals surface area contributed by atoms with Gasteiger partial charge in [-0.25, -0.2) is 0 Å². The van der Waals surface area contributed by atoms with E-state index in [1.807, 2.05) is 19.1 Å². The van der Waals surface area contributed by atoms with Crippen LogP contribution in [0.2, 0.25) is 0 Å². The summed E-state index contributed by atoms with van der Waals surface area (Å²) in [4.78, 5) is 38.0. The molecule has 0 bridgehead atoms. The number of anilines is 1. The van der Waals surface area contributed by atoms with Crippen molar-refractivity contribution in [3.8, 4) is 0 Å². The van der Waals surface area contributed by atoms with Crippen molar-refractivity contribution in [1.29, 1.82) is 0 Å². The highest BCUT2D eigenvalue weighted by atomic mass is 32.2. The maximum absolute atomic E-state index is 12.8. The van der Waals surface area contributed by atoms with Crippen molar-refractivity contribution in [3.63, 3.8) is 0 Å². The van der Waals surface area contributed by atoms with Crippen molar-refractivity contribution in [3.05, 3.63) is 24.3 Å². The molecule has 2 aliphatic rings. The van der Waals surface area contributed by atoms with E-state index in [0.717, 1.165) is 23.4 Å². The van der Waals surface area contributed by atoms with Crippen molar-refractivity contribution in [1.82, 2.24) is 4.90 Å². The van der Waals surface area contributed by atoms with Crippen molar-refractivity contribution in [2.24, 2.45) is 17.8 Å². The zero-order valence-electron chi connectivity index (χ0n) is 15.0. The minimum atomic E-state index is -0.786. The Morgan fingerprint density at radius 3 is 2.38 bits per heavy atom. The molecule has 2 N–H and O–H groups in total. The fraction of sp³-hybridized carbons (Fsp3) is 0.526. The van der Waals surface area contributed by atoms with E-state index in [2.05, 4.69) is 5.32 Å². The van der Waals surface area contributed by atoms with E-state index in [9.17, 15) is 19.5 Å². The van der Waals surface area contributed by atoms with Crippen LogP contribution >= 0.6 is 11.8 Å². The van der Waals surface area contributed by atoms with E-state index in [1.54, 1.807) is 17.0 Å². The molecule has 3 rings (SSSR count). The summed E-state index contributed by atoms with van der Waals surface area (Å²) in [5, 5.41) is 11.9. The number of aliphatic carboxylic acids is 1. The van der Waals surface area contributed by atoms with E-state index in [1.165, 1.54) is 18.7 Å². The predicted octanol–water partition coefficient (Wildman–Crippen LogP) is 2.69. The molecule has 1 aromatic rings. The number of carboxylic acids is 1. The first-order valence-electron chi connectivity index (χ1n) is 8.91. The first-order valence-corrected chi connectivity index (χ1v) is 9.79. The number of nitrogens with one attached hydrogen (secondary N) is 1. The monoisotopic (exact) mass is 376 g/mol. The maximum Gasteiger partial charge on any atom is 0.308 e. The number of amides is 2. The minimum absolute atomic E-state index is 0.00432. The van der Waals surface area contributed by atoms with Crippen LogP contribution in [0.15, 0.2) is 29.2 Å². The summed E-state index contributed by atoms with van der Waals surface area (Å²) in [7, 11) is 0. The molecule has 2 amide bonds. The number of hydrogen-bond acceptors (Lipinski definition) is 4. The molecule has 1 heterocycles. The Hall–Kier alpha value is -2.02. The van der Waals surface area contributed by atoms with Gasteiger partial charge in [0.1, 0.15) is 0 Å². The molecule has 0 aromatic heterocycles. The van der Waals surface area contributed by atoms with E-state index in [-0.39, 0.29) is 23.0 Å². The Morgan fingerprint density at radius 2 is 1.85 bits per heavy atom. The number of carboxylic acid groups (broad SMARTS) is 1. The number of likely N-dealkylation sites (tertiary alicyclic amines) is 1. The first-order chi connectivity index (χ1) is 12.3. The second-order valence-corrected chi connectivity index (χ2v) is 8.57. The quantitative estimate of drug-likeness (QED) is 0.746. The summed E-state index contributed by atoms with van der Waals surface area (Å²) in [5.41, 5.74) is 0.719. The molecule has 0 spiro atoms. The van der Waals surface area contributed by atoms with Crippen LogP contribution < -0.4 is 5.32 Å². The number of hydrogen-bond donors (Lipinski definition) is 2. The summed E-state index contributed by atoms with van der Waals surface area (Å²) in [6, 6.07) is 7.36. The van der Waals surface area contributed by atoms with Gasteiger partial charge in [0.25, 0.3) is 0 Å². The van der Waals surface area contributed by atoms with Gasteiger partial charge in [0.2, 0.25) is 11.8 Å². The van der Waals surface area contributed by atoms with Gasteiger partial charge in [-0.05, 0) is 55.9 Å². The normalized spacial score (nSPS) is 23.5. The molecule has 3 atom stereocenters. The van der Waals surface area contributed by atoms with Crippen LogP contribution in [0.5, 0.6) is 0 Å². The number of thioether (sulfide) groups is 1. The maximum atomic E-state index is 12.8. The van der Waals surface area contributed by atoms with E-state index in [0.29, 0.717) is 19.0 Å². The molecule has 1 aliphatic heterocycles. The largest absolute Gasteiger partial charge is 0.481 e. The average Bonchev–Trinajstić information content (AvgIpc) is 3.33. The average molecular weight is 376 g/mol. The molecule has 1 saturated carbocycles. The third-order valence-corrected chi connectivity index (χ3v) is 6.16. The Kier molecular flexibility index (Phi) is 5.55. The molecular formula is C19H24N2O4S. The Morgan fingerprint density at radius 1 is 1.19 bits per heavy atom. The Bertz CT molecular complexity index is 702.